The number of hydrogen-bond donors (Lipinski definition) is 1. The number of aryl methyl sites for hydroxylation is 1. The molecule has 1 aliphatic rings. The van der Waals surface area contributed by atoms with Gasteiger partial charge in [0.2, 0.25) is 6.10 Å². The number of nitrogens with one attached hydrogen (secondary N) is 1. The lowest BCUT2D eigenvalue weighted by atomic mass is 10.2. The first-order valence-corrected chi connectivity index (χ1v) is 10.4. The third-order valence-corrected chi connectivity index (χ3v) is 6.10. The number of anilines is 1. The van der Waals surface area contributed by atoms with Gasteiger partial charge in [-0.25, -0.2) is 18.0 Å². The Bertz CT molecular complexity index is 1050. The molecule has 1 aliphatic heterocycles. The molecule has 0 bridgehead atoms. The SMILES string of the molecule is Cc1cccc(NS(=O)(=O)c2cc(C(=O)O[C@@H]3CCOC3=O)c(Cl)cc2Cl)c1. The predicted octanol–water partition coefficient (Wildman–Crippen LogP) is 3.57. The fraction of sp³-hybridized carbons (Fsp3) is 0.222. The molecule has 3 rings (SSSR count). The second kappa shape index (κ2) is 7.98. The molecule has 0 spiro atoms. The van der Waals surface area contributed by atoms with E-state index in [0.717, 1.165) is 17.7 Å². The summed E-state index contributed by atoms with van der Waals surface area (Å²) in [5.74, 6) is -1.61. The molecule has 1 heterocycles. The standard InChI is InChI=1S/C18H15Cl2NO6S/c1-10-3-2-4-11(7-10)21-28(24,25)16-8-12(13(19)9-14(16)20)17(22)27-15-5-6-26-18(15)23/h2-4,7-9,15,21H,5-6H2,1H3/t15-/m1/s1. The lowest BCUT2D eigenvalue weighted by molar-refractivity contribution is -0.145. The Kier molecular flexibility index (Phi) is 5.83. The highest BCUT2D eigenvalue weighted by atomic mass is 35.5. The van der Waals surface area contributed by atoms with Crippen molar-refractivity contribution < 1.29 is 27.5 Å². The van der Waals surface area contributed by atoms with Gasteiger partial charge >= 0.3 is 11.9 Å². The molecule has 10 heteroatoms. The van der Waals surface area contributed by atoms with E-state index in [1.807, 2.05) is 13.0 Å². The van der Waals surface area contributed by atoms with E-state index in [-0.39, 0.29) is 33.5 Å². The van der Waals surface area contributed by atoms with E-state index in [9.17, 15) is 18.0 Å². The Hall–Kier alpha value is -2.29. The van der Waals surface area contributed by atoms with Crippen LogP contribution in [0, 0.1) is 6.92 Å². The molecule has 148 valence electrons. The molecule has 1 atom stereocenters. The van der Waals surface area contributed by atoms with Gasteiger partial charge in [-0.3, -0.25) is 4.72 Å². The predicted molar refractivity (Wildman–Crippen MR) is 103 cm³/mol. The van der Waals surface area contributed by atoms with E-state index in [1.165, 1.54) is 0 Å². The topological polar surface area (TPSA) is 98.8 Å². The summed E-state index contributed by atoms with van der Waals surface area (Å²) in [6.45, 7) is 1.96. The summed E-state index contributed by atoms with van der Waals surface area (Å²) in [4.78, 5) is 23.5. The summed E-state index contributed by atoms with van der Waals surface area (Å²) in [5, 5.41) is -0.266. The number of carbonyl (C=O) groups excluding carboxylic acids is 2. The smallest absolute Gasteiger partial charge is 0.347 e. The number of hydrogen-bond acceptors (Lipinski definition) is 6. The molecule has 0 aliphatic carbocycles. The minimum atomic E-state index is -4.11. The van der Waals surface area contributed by atoms with Gasteiger partial charge in [0.05, 0.1) is 22.2 Å². The fourth-order valence-electron chi connectivity index (χ4n) is 2.59. The molecule has 2 aromatic carbocycles. The Morgan fingerprint density at radius 1 is 1.21 bits per heavy atom. The van der Waals surface area contributed by atoms with Crippen molar-refractivity contribution in [2.45, 2.75) is 24.3 Å². The van der Waals surface area contributed by atoms with Crippen LogP contribution in [0.4, 0.5) is 5.69 Å². The zero-order valence-electron chi connectivity index (χ0n) is 14.6. The molecule has 2 aromatic rings. The number of esters is 2. The van der Waals surface area contributed by atoms with Gasteiger partial charge in [0, 0.05) is 12.1 Å². The summed E-state index contributed by atoms with van der Waals surface area (Å²) < 4.78 is 37.7. The van der Waals surface area contributed by atoms with Crippen LogP contribution in [0.3, 0.4) is 0 Å². The molecule has 28 heavy (non-hydrogen) atoms. The lowest BCUT2D eigenvalue weighted by Crippen LogP contribution is -2.23. The Balaban J connectivity index is 1.92. The largest absolute Gasteiger partial charge is 0.463 e. The summed E-state index contributed by atoms with van der Waals surface area (Å²) in [6, 6.07) is 8.88. The monoisotopic (exact) mass is 443 g/mol. The minimum Gasteiger partial charge on any atom is -0.463 e. The maximum Gasteiger partial charge on any atom is 0.347 e. The molecular weight excluding hydrogens is 429 g/mol. The lowest BCUT2D eigenvalue weighted by Gasteiger charge is -2.13. The van der Waals surface area contributed by atoms with Gasteiger partial charge in [0.1, 0.15) is 4.90 Å². The van der Waals surface area contributed by atoms with Crippen LogP contribution in [0.1, 0.15) is 22.3 Å². The normalized spacial score (nSPS) is 16.5. The van der Waals surface area contributed by atoms with Crippen molar-refractivity contribution in [3.8, 4) is 0 Å². The zero-order chi connectivity index (χ0) is 20.5. The van der Waals surface area contributed by atoms with Crippen molar-refractivity contribution in [1.29, 1.82) is 0 Å². The average molecular weight is 444 g/mol. The molecule has 0 radical (unpaired) electrons. The second-order valence-electron chi connectivity index (χ2n) is 6.09. The number of benzene rings is 2. The highest BCUT2D eigenvalue weighted by molar-refractivity contribution is 7.92. The molecule has 0 amide bonds. The van der Waals surface area contributed by atoms with Crippen LogP contribution in [0.25, 0.3) is 0 Å². The van der Waals surface area contributed by atoms with Crippen molar-refractivity contribution >= 4 is 50.9 Å². The quantitative estimate of drug-likeness (QED) is 0.708. The first-order valence-electron chi connectivity index (χ1n) is 8.13. The van der Waals surface area contributed by atoms with Gasteiger partial charge in [-0.15, -0.1) is 0 Å². The molecule has 1 N–H and O–H groups in total. The van der Waals surface area contributed by atoms with E-state index in [2.05, 4.69) is 4.72 Å². The highest BCUT2D eigenvalue weighted by Crippen LogP contribution is 2.31. The first kappa shape index (κ1) is 20.4. The number of ether oxygens (including phenoxy) is 2. The first-order chi connectivity index (χ1) is 13.2. The number of cyclic esters (lactones) is 1. The van der Waals surface area contributed by atoms with Crippen molar-refractivity contribution in [3.63, 3.8) is 0 Å². The number of sulfonamides is 1. The van der Waals surface area contributed by atoms with E-state index in [0.29, 0.717) is 5.69 Å². The van der Waals surface area contributed by atoms with Gasteiger partial charge < -0.3 is 9.47 Å². The molecule has 0 unspecified atom stereocenters. The van der Waals surface area contributed by atoms with Gasteiger partial charge in [-0.1, -0.05) is 35.3 Å². The van der Waals surface area contributed by atoms with Crippen LogP contribution in [-0.2, 0) is 24.3 Å². The number of rotatable bonds is 5. The number of halogens is 2. The van der Waals surface area contributed by atoms with E-state index in [4.69, 9.17) is 32.7 Å². The Morgan fingerprint density at radius 3 is 2.61 bits per heavy atom. The van der Waals surface area contributed by atoms with Gasteiger partial charge in [0.25, 0.3) is 10.0 Å². The third-order valence-electron chi connectivity index (χ3n) is 3.94. The van der Waals surface area contributed by atoms with E-state index < -0.39 is 28.1 Å². The summed E-state index contributed by atoms with van der Waals surface area (Å²) in [5.41, 5.74) is 0.967. The third kappa shape index (κ3) is 4.40. The Labute approximate surface area is 171 Å². The van der Waals surface area contributed by atoms with Crippen LogP contribution in [0.5, 0.6) is 0 Å². The molecule has 7 nitrogen and oxygen atoms in total. The summed E-state index contributed by atoms with van der Waals surface area (Å²) >= 11 is 12.1. The van der Waals surface area contributed by atoms with E-state index >= 15 is 0 Å². The van der Waals surface area contributed by atoms with Crippen LogP contribution >= 0.6 is 23.2 Å². The fourth-order valence-corrected chi connectivity index (χ4v) is 4.49. The van der Waals surface area contributed by atoms with Crippen molar-refractivity contribution in [2.24, 2.45) is 0 Å². The highest BCUT2D eigenvalue weighted by Gasteiger charge is 2.32. The minimum absolute atomic E-state index is 0.101. The molecule has 0 aromatic heterocycles. The molecule has 1 fully saturated rings. The van der Waals surface area contributed by atoms with Crippen molar-refractivity contribution in [3.05, 3.63) is 57.6 Å². The van der Waals surface area contributed by atoms with Crippen LogP contribution < -0.4 is 4.72 Å². The molecule has 1 saturated heterocycles. The van der Waals surface area contributed by atoms with E-state index in [1.54, 1.807) is 18.2 Å². The number of carbonyl (C=O) groups is 2. The Morgan fingerprint density at radius 2 is 1.96 bits per heavy atom. The van der Waals surface area contributed by atoms with Crippen LogP contribution in [0.15, 0.2) is 41.3 Å². The van der Waals surface area contributed by atoms with Gasteiger partial charge in [0.15, 0.2) is 0 Å². The molecule has 0 saturated carbocycles. The molecular formula is C18H15Cl2NO6S. The van der Waals surface area contributed by atoms with Gasteiger partial charge in [-0.05, 0) is 36.8 Å². The average Bonchev–Trinajstić information content (AvgIpc) is 2.99. The zero-order valence-corrected chi connectivity index (χ0v) is 16.9. The van der Waals surface area contributed by atoms with Gasteiger partial charge in [-0.2, -0.15) is 0 Å². The van der Waals surface area contributed by atoms with Crippen LogP contribution in [-0.4, -0.2) is 33.1 Å². The maximum atomic E-state index is 12.8. The summed E-state index contributed by atoms with van der Waals surface area (Å²) in [7, 11) is -4.11. The van der Waals surface area contributed by atoms with Crippen molar-refractivity contribution in [1.82, 2.24) is 0 Å². The second-order valence-corrected chi connectivity index (χ2v) is 8.55. The van der Waals surface area contributed by atoms with Crippen molar-refractivity contribution in [2.75, 3.05) is 11.3 Å². The maximum absolute atomic E-state index is 12.8. The summed E-state index contributed by atoms with van der Waals surface area (Å²) in [6.07, 6.45) is -0.833. The van der Waals surface area contributed by atoms with Crippen LogP contribution in [0.2, 0.25) is 10.0 Å².